The maximum absolute atomic E-state index is 11.4. The number of hydrogen-bond acceptors (Lipinski definition) is 4. The molecule has 0 aromatic rings. The molecule has 0 bridgehead atoms. The Bertz CT molecular complexity index is 298. The van der Waals surface area contributed by atoms with E-state index in [1.54, 1.807) is 25.1 Å². The average Bonchev–Trinajstić information content (AvgIpc) is 2.29. The van der Waals surface area contributed by atoms with Crippen molar-refractivity contribution in [3.8, 4) is 0 Å². The SMILES string of the molecule is CCC(=CCN(C)CC(=O)N(C)C)C(=O)OC. The van der Waals surface area contributed by atoms with Crippen LogP contribution in [0.2, 0.25) is 0 Å². The number of carbonyl (C=O) groups excluding carboxylic acids is 2. The molecule has 0 spiro atoms. The van der Waals surface area contributed by atoms with E-state index < -0.39 is 0 Å². The number of rotatable bonds is 6. The van der Waals surface area contributed by atoms with Gasteiger partial charge >= 0.3 is 5.97 Å². The van der Waals surface area contributed by atoms with Crippen LogP contribution in [-0.2, 0) is 14.3 Å². The molecule has 0 radical (unpaired) electrons. The minimum Gasteiger partial charge on any atom is -0.466 e. The summed E-state index contributed by atoms with van der Waals surface area (Å²) in [7, 11) is 6.64. The molecule has 0 unspecified atom stereocenters. The van der Waals surface area contributed by atoms with Crippen molar-refractivity contribution < 1.29 is 14.3 Å². The predicted octanol–water partition coefficient (Wildman–Crippen LogP) is 0.516. The number of amides is 1. The smallest absolute Gasteiger partial charge is 0.333 e. The Balaban J connectivity index is 4.29. The van der Waals surface area contributed by atoms with Crippen LogP contribution < -0.4 is 0 Å². The summed E-state index contributed by atoms with van der Waals surface area (Å²) in [4.78, 5) is 26.1. The Labute approximate surface area is 103 Å². The molecule has 17 heavy (non-hydrogen) atoms. The molecule has 0 aliphatic heterocycles. The minimum atomic E-state index is -0.306. The van der Waals surface area contributed by atoms with Crippen LogP contribution in [-0.4, -0.2) is 63.0 Å². The second-order valence-electron chi connectivity index (χ2n) is 4.06. The molecule has 1 amide bonds. The zero-order valence-corrected chi connectivity index (χ0v) is 11.3. The molecule has 0 saturated carbocycles. The van der Waals surface area contributed by atoms with Gasteiger partial charge in [0.15, 0.2) is 0 Å². The summed E-state index contributed by atoms with van der Waals surface area (Å²) in [5.41, 5.74) is 0.636. The van der Waals surface area contributed by atoms with Gasteiger partial charge in [0.25, 0.3) is 0 Å². The van der Waals surface area contributed by atoms with Gasteiger partial charge in [-0.1, -0.05) is 13.0 Å². The second kappa shape index (κ2) is 7.84. The fourth-order valence-electron chi connectivity index (χ4n) is 1.21. The molecular weight excluding hydrogens is 220 g/mol. The zero-order chi connectivity index (χ0) is 13.4. The van der Waals surface area contributed by atoms with Crippen molar-refractivity contribution in [1.29, 1.82) is 0 Å². The third-order valence-electron chi connectivity index (χ3n) is 2.38. The Morgan fingerprint density at radius 1 is 1.24 bits per heavy atom. The Morgan fingerprint density at radius 3 is 2.24 bits per heavy atom. The summed E-state index contributed by atoms with van der Waals surface area (Å²) < 4.78 is 4.65. The Kier molecular flexibility index (Phi) is 7.21. The van der Waals surface area contributed by atoms with Crippen LogP contribution in [0.3, 0.4) is 0 Å². The Hall–Kier alpha value is -1.36. The van der Waals surface area contributed by atoms with Crippen molar-refractivity contribution in [3.05, 3.63) is 11.6 Å². The number of likely N-dealkylation sites (N-methyl/N-ethyl adjacent to an activating group) is 2. The summed E-state index contributed by atoms with van der Waals surface area (Å²) in [5, 5.41) is 0. The van der Waals surface area contributed by atoms with Crippen LogP contribution in [0.4, 0.5) is 0 Å². The number of ether oxygens (including phenoxy) is 1. The van der Waals surface area contributed by atoms with Crippen molar-refractivity contribution >= 4 is 11.9 Å². The van der Waals surface area contributed by atoms with Gasteiger partial charge in [-0.15, -0.1) is 0 Å². The quantitative estimate of drug-likeness (QED) is 0.503. The van der Waals surface area contributed by atoms with Gasteiger partial charge in [0.1, 0.15) is 0 Å². The molecule has 5 nitrogen and oxygen atoms in total. The third-order valence-corrected chi connectivity index (χ3v) is 2.38. The molecule has 0 aromatic heterocycles. The van der Waals surface area contributed by atoms with E-state index in [-0.39, 0.29) is 11.9 Å². The molecule has 0 N–H and O–H groups in total. The van der Waals surface area contributed by atoms with E-state index in [9.17, 15) is 9.59 Å². The number of hydrogen-bond donors (Lipinski definition) is 0. The molecular formula is C12H22N2O3. The lowest BCUT2D eigenvalue weighted by atomic mass is 10.2. The van der Waals surface area contributed by atoms with Crippen LogP contribution >= 0.6 is 0 Å². The first-order valence-corrected chi connectivity index (χ1v) is 5.58. The van der Waals surface area contributed by atoms with Crippen molar-refractivity contribution in [2.75, 3.05) is 41.3 Å². The number of nitrogens with zero attached hydrogens (tertiary/aromatic N) is 2. The molecule has 0 fully saturated rings. The van der Waals surface area contributed by atoms with E-state index in [1.807, 2.05) is 18.9 Å². The summed E-state index contributed by atoms with van der Waals surface area (Å²) in [5.74, 6) is -0.267. The average molecular weight is 242 g/mol. The van der Waals surface area contributed by atoms with Crippen LogP contribution in [0.25, 0.3) is 0 Å². The Morgan fingerprint density at radius 2 is 1.82 bits per heavy atom. The van der Waals surface area contributed by atoms with Gasteiger partial charge in [0, 0.05) is 26.2 Å². The highest BCUT2D eigenvalue weighted by Gasteiger charge is 2.09. The normalized spacial score (nSPS) is 11.5. The molecule has 0 aromatic carbocycles. The summed E-state index contributed by atoms with van der Waals surface area (Å²) in [6.45, 7) is 2.78. The van der Waals surface area contributed by atoms with Crippen LogP contribution in [0.5, 0.6) is 0 Å². The monoisotopic (exact) mass is 242 g/mol. The van der Waals surface area contributed by atoms with E-state index in [4.69, 9.17) is 0 Å². The lowest BCUT2D eigenvalue weighted by Crippen LogP contribution is -2.34. The minimum absolute atomic E-state index is 0.0389. The van der Waals surface area contributed by atoms with E-state index in [1.165, 1.54) is 7.11 Å². The van der Waals surface area contributed by atoms with Crippen molar-refractivity contribution in [1.82, 2.24) is 9.80 Å². The van der Waals surface area contributed by atoms with Gasteiger partial charge < -0.3 is 9.64 Å². The molecule has 98 valence electrons. The highest BCUT2D eigenvalue weighted by atomic mass is 16.5. The van der Waals surface area contributed by atoms with Crippen molar-refractivity contribution in [2.45, 2.75) is 13.3 Å². The summed E-state index contributed by atoms with van der Waals surface area (Å²) in [6, 6.07) is 0. The van der Waals surface area contributed by atoms with Gasteiger partial charge in [-0.2, -0.15) is 0 Å². The molecule has 0 aliphatic rings. The zero-order valence-electron chi connectivity index (χ0n) is 11.3. The second-order valence-corrected chi connectivity index (χ2v) is 4.06. The standard InChI is InChI=1S/C12H22N2O3/c1-6-10(12(16)17-5)7-8-14(4)9-11(15)13(2)3/h7H,6,8-9H2,1-5H3. The summed E-state index contributed by atoms with van der Waals surface area (Å²) in [6.07, 6.45) is 2.43. The van der Waals surface area contributed by atoms with E-state index >= 15 is 0 Å². The third kappa shape index (κ3) is 6.06. The maximum Gasteiger partial charge on any atom is 0.333 e. The van der Waals surface area contributed by atoms with Crippen molar-refractivity contribution in [3.63, 3.8) is 0 Å². The highest BCUT2D eigenvalue weighted by molar-refractivity contribution is 5.88. The predicted molar refractivity (Wildman–Crippen MR) is 66.6 cm³/mol. The van der Waals surface area contributed by atoms with Crippen molar-refractivity contribution in [2.24, 2.45) is 0 Å². The van der Waals surface area contributed by atoms with E-state index in [0.29, 0.717) is 25.1 Å². The topological polar surface area (TPSA) is 49.9 Å². The lowest BCUT2D eigenvalue weighted by Gasteiger charge is -2.17. The fourth-order valence-corrected chi connectivity index (χ4v) is 1.21. The van der Waals surface area contributed by atoms with Gasteiger partial charge in [0.05, 0.1) is 13.7 Å². The van der Waals surface area contributed by atoms with Crippen LogP contribution in [0.15, 0.2) is 11.6 Å². The van der Waals surface area contributed by atoms with Crippen LogP contribution in [0.1, 0.15) is 13.3 Å². The molecule has 0 rings (SSSR count). The first-order valence-electron chi connectivity index (χ1n) is 5.58. The van der Waals surface area contributed by atoms with Gasteiger partial charge in [-0.3, -0.25) is 9.69 Å². The molecule has 0 atom stereocenters. The number of methoxy groups -OCH3 is 1. The van der Waals surface area contributed by atoms with Gasteiger partial charge in [-0.25, -0.2) is 4.79 Å². The first-order chi connectivity index (χ1) is 7.92. The molecule has 5 heteroatoms. The largest absolute Gasteiger partial charge is 0.466 e. The van der Waals surface area contributed by atoms with Crippen LogP contribution in [0, 0.1) is 0 Å². The maximum atomic E-state index is 11.4. The van der Waals surface area contributed by atoms with E-state index in [0.717, 1.165) is 0 Å². The highest BCUT2D eigenvalue weighted by Crippen LogP contribution is 2.03. The molecule has 0 heterocycles. The molecule has 0 aliphatic carbocycles. The van der Waals surface area contributed by atoms with E-state index in [2.05, 4.69) is 4.74 Å². The fraction of sp³-hybridized carbons (Fsp3) is 0.667. The number of esters is 1. The number of carbonyl (C=O) groups is 2. The van der Waals surface area contributed by atoms with Gasteiger partial charge in [0.2, 0.25) is 5.91 Å². The summed E-state index contributed by atoms with van der Waals surface area (Å²) >= 11 is 0. The first kappa shape index (κ1) is 15.6. The molecule has 0 saturated heterocycles. The lowest BCUT2D eigenvalue weighted by molar-refractivity contribution is -0.136. The van der Waals surface area contributed by atoms with Gasteiger partial charge in [-0.05, 0) is 13.5 Å².